The lowest BCUT2D eigenvalue weighted by molar-refractivity contribution is -0.137. The second-order valence-electron chi connectivity index (χ2n) is 10.5. The highest BCUT2D eigenvalue weighted by molar-refractivity contribution is 7.89. The third kappa shape index (κ3) is 7.25. The number of carbonyl (C=O) groups excluding carboxylic acids is 1. The summed E-state index contributed by atoms with van der Waals surface area (Å²) in [6, 6.07) is 17.3. The van der Waals surface area contributed by atoms with Crippen molar-refractivity contribution in [1.82, 2.24) is 14.9 Å². The molecule has 2 N–H and O–H groups in total. The Bertz CT molecular complexity index is 1520. The van der Waals surface area contributed by atoms with Crippen molar-refractivity contribution < 1.29 is 26.4 Å². The molecule has 0 fully saturated rings. The van der Waals surface area contributed by atoms with Crippen LogP contribution >= 0.6 is 0 Å². The van der Waals surface area contributed by atoms with Crippen LogP contribution < -0.4 is 10.0 Å². The fraction of sp³-hybridized carbons (Fsp3) is 0.323. The maximum Gasteiger partial charge on any atom is 0.416 e. The van der Waals surface area contributed by atoms with E-state index in [0.717, 1.165) is 62.7 Å². The number of amides is 1. The topological polar surface area (TPSA) is 78.5 Å². The number of rotatable bonds is 9. The number of alkyl halides is 3. The van der Waals surface area contributed by atoms with Crippen molar-refractivity contribution in [2.75, 3.05) is 13.1 Å². The van der Waals surface area contributed by atoms with E-state index in [1.54, 1.807) is 30.3 Å². The van der Waals surface area contributed by atoms with Gasteiger partial charge < -0.3 is 5.32 Å². The standard InChI is InChI=1S/C31H32F3N3O3S/c32-31(33,34)25-11-7-12-26(19-25)41(39,40)36-29(23-8-2-1-3-9-23)20-30(38)35-28-13-6-10-24-18-22(14-15-27(24)28)21-37-16-4-5-17-37/h1-5,7-9,11-12,14-15,18-19,28-29,36H,6,10,13,16-17,20-21H2,(H,35,38). The Morgan fingerprint density at radius 3 is 2.46 bits per heavy atom. The molecule has 0 spiro atoms. The first-order valence-corrected chi connectivity index (χ1v) is 15.1. The number of fused-ring (bicyclic) bond motifs is 1. The molecule has 5 rings (SSSR count). The van der Waals surface area contributed by atoms with Crippen LogP contribution in [0, 0.1) is 0 Å². The number of carbonyl (C=O) groups is 1. The molecule has 0 aromatic heterocycles. The van der Waals surface area contributed by atoms with Gasteiger partial charge in [0.2, 0.25) is 15.9 Å². The fourth-order valence-corrected chi connectivity index (χ4v) is 6.74. The summed E-state index contributed by atoms with van der Waals surface area (Å²) in [6.07, 6.45) is 2.02. The lowest BCUT2D eigenvalue weighted by Gasteiger charge is -2.28. The van der Waals surface area contributed by atoms with Crippen LogP contribution in [0.3, 0.4) is 0 Å². The van der Waals surface area contributed by atoms with Crippen molar-refractivity contribution in [2.45, 2.75) is 55.4 Å². The third-order valence-electron chi connectivity index (χ3n) is 7.52. The normalized spacial score (nSPS) is 18.2. The van der Waals surface area contributed by atoms with Crippen LogP contribution in [0.5, 0.6) is 0 Å². The van der Waals surface area contributed by atoms with E-state index in [9.17, 15) is 26.4 Å². The first-order chi connectivity index (χ1) is 19.6. The van der Waals surface area contributed by atoms with Gasteiger partial charge in [-0.3, -0.25) is 9.69 Å². The van der Waals surface area contributed by atoms with E-state index in [-0.39, 0.29) is 18.4 Å². The van der Waals surface area contributed by atoms with Crippen LogP contribution in [0.15, 0.2) is 89.8 Å². The highest BCUT2D eigenvalue weighted by atomic mass is 32.2. The highest BCUT2D eigenvalue weighted by Crippen LogP contribution is 2.33. The van der Waals surface area contributed by atoms with Gasteiger partial charge in [-0.25, -0.2) is 13.1 Å². The Balaban J connectivity index is 1.31. The summed E-state index contributed by atoms with van der Waals surface area (Å²) in [5.41, 5.74) is 2.96. The zero-order valence-electron chi connectivity index (χ0n) is 22.4. The van der Waals surface area contributed by atoms with E-state index < -0.39 is 32.7 Å². The molecule has 0 bridgehead atoms. The van der Waals surface area contributed by atoms with Crippen LogP contribution in [0.2, 0.25) is 0 Å². The van der Waals surface area contributed by atoms with Gasteiger partial charge in [0.05, 0.1) is 22.5 Å². The number of hydrogen-bond acceptors (Lipinski definition) is 4. The molecule has 41 heavy (non-hydrogen) atoms. The zero-order valence-corrected chi connectivity index (χ0v) is 23.2. The summed E-state index contributed by atoms with van der Waals surface area (Å²) < 4.78 is 68.5. The molecule has 2 atom stereocenters. The fourth-order valence-electron chi connectivity index (χ4n) is 5.47. The molecule has 1 amide bonds. The van der Waals surface area contributed by atoms with Crippen molar-refractivity contribution in [3.8, 4) is 0 Å². The van der Waals surface area contributed by atoms with Crippen LogP contribution in [-0.2, 0) is 34.0 Å². The minimum absolute atomic E-state index is 0.203. The smallest absolute Gasteiger partial charge is 0.349 e. The van der Waals surface area contributed by atoms with Crippen molar-refractivity contribution in [3.63, 3.8) is 0 Å². The number of benzene rings is 3. The Kier molecular flexibility index (Phi) is 8.63. The van der Waals surface area contributed by atoms with Gasteiger partial charge in [-0.2, -0.15) is 13.2 Å². The van der Waals surface area contributed by atoms with E-state index in [4.69, 9.17) is 0 Å². The summed E-state index contributed by atoms with van der Waals surface area (Å²) in [7, 11) is -4.37. The molecule has 0 saturated heterocycles. The first kappa shape index (κ1) is 29.0. The number of halogens is 3. The molecular formula is C31H32F3N3O3S. The maximum atomic E-state index is 13.3. The van der Waals surface area contributed by atoms with Crippen LogP contribution in [-0.4, -0.2) is 32.3 Å². The first-order valence-electron chi connectivity index (χ1n) is 13.6. The number of nitrogens with zero attached hydrogens (tertiary/aromatic N) is 1. The van der Waals surface area contributed by atoms with Gasteiger partial charge >= 0.3 is 6.18 Å². The van der Waals surface area contributed by atoms with Gasteiger partial charge in [0.1, 0.15) is 0 Å². The summed E-state index contributed by atoms with van der Waals surface area (Å²) >= 11 is 0. The quantitative estimate of drug-likeness (QED) is 0.318. The third-order valence-corrected chi connectivity index (χ3v) is 8.99. The molecule has 0 saturated carbocycles. The minimum atomic E-state index is -4.69. The molecule has 10 heteroatoms. The molecular weight excluding hydrogens is 551 g/mol. The average molecular weight is 584 g/mol. The van der Waals surface area contributed by atoms with Gasteiger partial charge in [-0.05, 0) is 59.7 Å². The van der Waals surface area contributed by atoms with Gasteiger partial charge in [0, 0.05) is 26.1 Å². The van der Waals surface area contributed by atoms with Crippen LogP contribution in [0.1, 0.15) is 59.2 Å². The number of nitrogens with one attached hydrogen (secondary N) is 2. The molecule has 0 radical (unpaired) electrons. The Labute approximate surface area is 238 Å². The second kappa shape index (κ2) is 12.2. The van der Waals surface area contributed by atoms with Crippen LogP contribution in [0.25, 0.3) is 0 Å². The van der Waals surface area contributed by atoms with Crippen LogP contribution in [0.4, 0.5) is 13.2 Å². The molecule has 2 unspecified atom stereocenters. The van der Waals surface area contributed by atoms with E-state index in [2.05, 4.69) is 45.3 Å². The Hall–Kier alpha value is -3.47. The number of sulfonamides is 1. The van der Waals surface area contributed by atoms with Gasteiger partial charge in [0.25, 0.3) is 0 Å². The van der Waals surface area contributed by atoms with E-state index in [1.807, 2.05) is 0 Å². The van der Waals surface area contributed by atoms with Crippen molar-refractivity contribution >= 4 is 15.9 Å². The molecule has 3 aromatic rings. The molecule has 216 valence electrons. The molecule has 6 nitrogen and oxygen atoms in total. The van der Waals surface area contributed by atoms with Crippen molar-refractivity contribution in [1.29, 1.82) is 0 Å². The molecule has 3 aromatic carbocycles. The number of aryl methyl sites for hydroxylation is 1. The van der Waals surface area contributed by atoms with Crippen molar-refractivity contribution in [2.24, 2.45) is 0 Å². The summed E-state index contributed by atoms with van der Waals surface area (Å²) in [4.78, 5) is 15.1. The predicted octanol–water partition coefficient (Wildman–Crippen LogP) is 5.68. The highest BCUT2D eigenvalue weighted by Gasteiger charge is 2.33. The van der Waals surface area contributed by atoms with Gasteiger partial charge in [-0.1, -0.05) is 66.7 Å². The number of hydrogen-bond donors (Lipinski definition) is 2. The second-order valence-corrected chi connectivity index (χ2v) is 12.2. The minimum Gasteiger partial charge on any atom is -0.349 e. The SMILES string of the molecule is O=C(CC(NS(=O)(=O)c1cccc(C(F)(F)F)c1)c1ccccc1)NC1CCCc2cc(CN3CC=CC3)ccc21. The van der Waals surface area contributed by atoms with Crippen molar-refractivity contribution in [3.05, 3.63) is 113 Å². The van der Waals surface area contributed by atoms with E-state index in [1.165, 1.54) is 11.1 Å². The van der Waals surface area contributed by atoms with Gasteiger partial charge in [-0.15, -0.1) is 0 Å². The van der Waals surface area contributed by atoms with E-state index in [0.29, 0.717) is 11.6 Å². The predicted molar refractivity (Wildman–Crippen MR) is 150 cm³/mol. The largest absolute Gasteiger partial charge is 0.416 e. The molecule has 1 heterocycles. The Morgan fingerprint density at radius 2 is 1.73 bits per heavy atom. The summed E-state index contributed by atoms with van der Waals surface area (Å²) in [6.45, 7) is 2.74. The lowest BCUT2D eigenvalue weighted by Crippen LogP contribution is -2.36. The van der Waals surface area contributed by atoms with Gasteiger partial charge in [0.15, 0.2) is 0 Å². The lowest BCUT2D eigenvalue weighted by atomic mass is 9.86. The van der Waals surface area contributed by atoms with E-state index >= 15 is 0 Å². The monoisotopic (exact) mass is 583 g/mol. The average Bonchev–Trinajstić information content (AvgIpc) is 3.46. The molecule has 1 aliphatic heterocycles. The molecule has 2 aliphatic rings. The maximum absolute atomic E-state index is 13.3. The molecule has 1 aliphatic carbocycles. The zero-order chi connectivity index (χ0) is 29.0. The summed E-state index contributed by atoms with van der Waals surface area (Å²) in [5, 5.41) is 3.08. The summed E-state index contributed by atoms with van der Waals surface area (Å²) in [5.74, 6) is -0.351. The Morgan fingerprint density at radius 1 is 0.976 bits per heavy atom.